The Morgan fingerprint density at radius 1 is 1.19 bits per heavy atom. The highest BCUT2D eigenvalue weighted by atomic mass is 16.6. The lowest BCUT2D eigenvalue weighted by Crippen LogP contribution is -2.30. The first kappa shape index (κ1) is 14.6. The molecule has 6 heteroatoms. The summed E-state index contributed by atoms with van der Waals surface area (Å²) in [6.45, 7) is 3.32. The lowest BCUT2D eigenvalue weighted by molar-refractivity contribution is 0.0972. The number of carbonyl (C=O) groups excluding carboxylic acids is 2. The number of aryl methyl sites for hydroxylation is 1. The van der Waals surface area contributed by atoms with E-state index in [-0.39, 0.29) is 5.76 Å². The molecule has 0 aliphatic heterocycles. The summed E-state index contributed by atoms with van der Waals surface area (Å²) in [6.07, 6.45) is -0.579. The van der Waals surface area contributed by atoms with E-state index in [1.54, 1.807) is 45.2 Å². The minimum absolute atomic E-state index is 0.0434. The number of carbonyl (C=O) groups is 2. The number of hydrogen-bond acceptors (Lipinski definition) is 4. The second-order valence-corrected chi connectivity index (χ2v) is 4.57. The molecule has 6 nitrogen and oxygen atoms in total. The fraction of sp³-hybridized carbons (Fsp3) is 0.200. The van der Waals surface area contributed by atoms with Gasteiger partial charge in [0, 0.05) is 12.6 Å². The fourth-order valence-corrected chi connectivity index (χ4v) is 2.12. The van der Waals surface area contributed by atoms with Gasteiger partial charge in [0.25, 0.3) is 5.91 Å². The smallest absolute Gasteiger partial charge is 0.419 e. The Balaban J connectivity index is 2.26. The largest absolute Gasteiger partial charge is 0.454 e. The van der Waals surface area contributed by atoms with Crippen LogP contribution in [0, 0.1) is 13.8 Å². The summed E-state index contributed by atoms with van der Waals surface area (Å²) in [6, 6.07) is 8.71. The van der Waals surface area contributed by atoms with E-state index in [1.807, 2.05) is 6.07 Å². The molecule has 1 aromatic carbocycles. The number of benzene rings is 1. The van der Waals surface area contributed by atoms with E-state index >= 15 is 0 Å². The van der Waals surface area contributed by atoms with Crippen LogP contribution in [0.3, 0.4) is 0 Å². The summed E-state index contributed by atoms with van der Waals surface area (Å²) in [5.41, 5.74) is 6.21. The van der Waals surface area contributed by atoms with Crippen molar-refractivity contribution < 1.29 is 18.7 Å². The third kappa shape index (κ3) is 2.89. The average molecular weight is 288 g/mol. The van der Waals surface area contributed by atoms with Crippen molar-refractivity contribution in [3.8, 4) is 5.75 Å². The van der Waals surface area contributed by atoms with Gasteiger partial charge in [-0.2, -0.15) is 0 Å². The highest BCUT2D eigenvalue weighted by Crippen LogP contribution is 2.30. The summed E-state index contributed by atoms with van der Waals surface area (Å²) < 4.78 is 10.5. The van der Waals surface area contributed by atoms with E-state index in [1.165, 1.54) is 4.90 Å². The van der Waals surface area contributed by atoms with Crippen molar-refractivity contribution in [1.29, 1.82) is 0 Å². The summed E-state index contributed by atoms with van der Waals surface area (Å²) in [4.78, 5) is 24.7. The predicted octanol–water partition coefficient (Wildman–Crippen LogP) is 2.63. The second kappa shape index (κ2) is 5.70. The second-order valence-electron chi connectivity index (χ2n) is 4.57. The number of anilines is 1. The van der Waals surface area contributed by atoms with Crippen molar-refractivity contribution >= 4 is 17.7 Å². The Kier molecular flexibility index (Phi) is 3.98. The quantitative estimate of drug-likeness (QED) is 0.940. The predicted molar refractivity (Wildman–Crippen MR) is 77.6 cm³/mol. The molecule has 1 aromatic heterocycles. The zero-order chi connectivity index (χ0) is 15.6. The van der Waals surface area contributed by atoms with Crippen molar-refractivity contribution in [2.24, 2.45) is 5.73 Å². The molecule has 0 unspecified atom stereocenters. The normalized spacial score (nSPS) is 10.2. The molecule has 1 heterocycles. The number of amides is 2. The lowest BCUT2D eigenvalue weighted by Gasteiger charge is -2.17. The molecular weight excluding hydrogens is 272 g/mol. The Bertz CT molecular complexity index is 676. The highest BCUT2D eigenvalue weighted by Gasteiger charge is 2.25. The van der Waals surface area contributed by atoms with Crippen LogP contribution in [0.25, 0.3) is 0 Å². The Hall–Kier alpha value is -2.76. The standard InChI is InChI=1S/C15H16N2O4/c1-9-12(10(2)20-13(9)14(16)18)17(3)15(19)21-11-7-5-4-6-8-11/h4-8H,1-3H3,(H2,16,18). The summed E-state index contributed by atoms with van der Waals surface area (Å²) in [5, 5.41) is 0. The number of furan rings is 1. The molecule has 2 amide bonds. The molecule has 21 heavy (non-hydrogen) atoms. The van der Waals surface area contributed by atoms with Gasteiger partial charge in [0.2, 0.25) is 0 Å². The highest BCUT2D eigenvalue weighted by molar-refractivity contribution is 5.97. The minimum Gasteiger partial charge on any atom is -0.454 e. The zero-order valence-corrected chi connectivity index (χ0v) is 12.0. The third-order valence-electron chi connectivity index (χ3n) is 3.07. The lowest BCUT2D eigenvalue weighted by atomic mass is 10.2. The SMILES string of the molecule is Cc1oc(C(N)=O)c(C)c1N(C)C(=O)Oc1ccccc1. The molecule has 0 aliphatic rings. The van der Waals surface area contributed by atoms with E-state index in [2.05, 4.69) is 0 Å². The Morgan fingerprint density at radius 3 is 2.33 bits per heavy atom. The molecule has 2 rings (SSSR count). The first-order chi connectivity index (χ1) is 9.91. The molecule has 2 N–H and O–H groups in total. The van der Waals surface area contributed by atoms with E-state index in [4.69, 9.17) is 14.9 Å². The van der Waals surface area contributed by atoms with Crippen molar-refractivity contribution in [2.75, 3.05) is 11.9 Å². The number of nitrogens with zero attached hydrogens (tertiary/aromatic N) is 1. The number of nitrogens with two attached hydrogens (primary N) is 1. The molecule has 0 spiro atoms. The Labute approximate surface area is 122 Å². The maximum atomic E-state index is 12.1. The van der Waals surface area contributed by atoms with Gasteiger partial charge in [0.05, 0.1) is 5.69 Å². The van der Waals surface area contributed by atoms with Crippen LogP contribution >= 0.6 is 0 Å². The maximum Gasteiger partial charge on any atom is 0.419 e. The van der Waals surface area contributed by atoms with Crippen molar-refractivity contribution in [3.63, 3.8) is 0 Å². The van der Waals surface area contributed by atoms with Crippen LogP contribution in [0.5, 0.6) is 5.75 Å². The number of para-hydroxylation sites is 1. The maximum absolute atomic E-state index is 12.1. The monoisotopic (exact) mass is 288 g/mol. The van der Waals surface area contributed by atoms with E-state index in [0.717, 1.165) is 0 Å². The topological polar surface area (TPSA) is 85.8 Å². The van der Waals surface area contributed by atoms with Gasteiger partial charge in [-0.3, -0.25) is 9.69 Å². The van der Waals surface area contributed by atoms with Gasteiger partial charge in [-0.25, -0.2) is 4.79 Å². The molecular formula is C15H16N2O4. The van der Waals surface area contributed by atoms with Crippen LogP contribution < -0.4 is 15.4 Å². The number of ether oxygens (including phenoxy) is 1. The van der Waals surface area contributed by atoms with Crippen LogP contribution in [0.15, 0.2) is 34.7 Å². The molecule has 0 saturated heterocycles. The van der Waals surface area contributed by atoms with Crippen LogP contribution in [0.4, 0.5) is 10.5 Å². The van der Waals surface area contributed by atoms with E-state index in [0.29, 0.717) is 22.8 Å². The zero-order valence-electron chi connectivity index (χ0n) is 12.0. The van der Waals surface area contributed by atoms with Gasteiger partial charge in [0.1, 0.15) is 11.5 Å². The number of primary amides is 1. The van der Waals surface area contributed by atoms with Crippen LogP contribution in [0.1, 0.15) is 21.9 Å². The van der Waals surface area contributed by atoms with Crippen LogP contribution in [0.2, 0.25) is 0 Å². The Morgan fingerprint density at radius 2 is 1.81 bits per heavy atom. The van der Waals surface area contributed by atoms with Gasteiger partial charge < -0.3 is 14.9 Å². The first-order valence-electron chi connectivity index (χ1n) is 6.32. The minimum atomic E-state index is -0.674. The summed E-state index contributed by atoms with van der Waals surface area (Å²) >= 11 is 0. The first-order valence-corrected chi connectivity index (χ1v) is 6.32. The van der Waals surface area contributed by atoms with Gasteiger partial charge in [-0.15, -0.1) is 0 Å². The van der Waals surface area contributed by atoms with Crippen LogP contribution in [-0.4, -0.2) is 19.0 Å². The van der Waals surface area contributed by atoms with Gasteiger partial charge in [-0.1, -0.05) is 18.2 Å². The molecule has 110 valence electrons. The van der Waals surface area contributed by atoms with Gasteiger partial charge in [-0.05, 0) is 26.0 Å². The molecule has 0 fully saturated rings. The number of rotatable bonds is 3. The van der Waals surface area contributed by atoms with Crippen LogP contribution in [-0.2, 0) is 0 Å². The van der Waals surface area contributed by atoms with E-state index < -0.39 is 12.0 Å². The third-order valence-corrected chi connectivity index (χ3v) is 3.07. The van der Waals surface area contributed by atoms with Crippen molar-refractivity contribution in [1.82, 2.24) is 0 Å². The summed E-state index contributed by atoms with van der Waals surface area (Å²) in [7, 11) is 1.54. The molecule has 0 bridgehead atoms. The number of hydrogen-bond donors (Lipinski definition) is 1. The molecule has 2 aromatic rings. The molecule has 0 atom stereocenters. The van der Waals surface area contributed by atoms with Gasteiger partial charge in [0.15, 0.2) is 5.76 Å². The molecule has 0 aliphatic carbocycles. The van der Waals surface area contributed by atoms with E-state index in [9.17, 15) is 9.59 Å². The average Bonchev–Trinajstić information content (AvgIpc) is 2.74. The molecule has 0 saturated carbocycles. The van der Waals surface area contributed by atoms with Crippen molar-refractivity contribution in [2.45, 2.75) is 13.8 Å². The summed E-state index contributed by atoms with van der Waals surface area (Å²) in [5.74, 6) is 0.227. The fourth-order valence-electron chi connectivity index (χ4n) is 2.12. The molecule has 0 radical (unpaired) electrons. The van der Waals surface area contributed by atoms with Crippen molar-refractivity contribution in [3.05, 3.63) is 47.4 Å². The van der Waals surface area contributed by atoms with Gasteiger partial charge >= 0.3 is 6.09 Å².